The monoisotopic (exact) mass is 252 g/mol. The van der Waals surface area contributed by atoms with E-state index >= 15 is 0 Å². The Hall–Kier alpha value is -1.07. The lowest BCUT2D eigenvalue weighted by Gasteiger charge is -2.04. The molecule has 1 saturated heterocycles. The summed E-state index contributed by atoms with van der Waals surface area (Å²) < 4.78 is 0. The molecule has 1 fully saturated rings. The van der Waals surface area contributed by atoms with Gasteiger partial charge in [-0.3, -0.25) is 14.7 Å². The molecule has 0 bridgehead atoms. The van der Waals surface area contributed by atoms with Crippen LogP contribution in [0.2, 0.25) is 0 Å². The lowest BCUT2D eigenvalue weighted by atomic mass is 10.3. The quantitative estimate of drug-likeness (QED) is 0.720. The third-order valence-electron chi connectivity index (χ3n) is 2.36. The summed E-state index contributed by atoms with van der Waals surface area (Å²) in [6.45, 7) is 2.05. The van der Waals surface area contributed by atoms with Crippen LogP contribution in [0.15, 0.2) is 21.3 Å². The number of likely N-dealkylation sites (N-methyl/N-ethyl adjacent to an activating group) is 1. The highest BCUT2D eigenvalue weighted by Gasteiger charge is 2.29. The fourth-order valence-electron chi connectivity index (χ4n) is 1.40. The molecule has 0 unspecified atom stereocenters. The molecule has 0 atom stereocenters. The van der Waals surface area contributed by atoms with Gasteiger partial charge in [-0.2, -0.15) is 0 Å². The van der Waals surface area contributed by atoms with Gasteiger partial charge in [0.1, 0.15) is 0 Å². The predicted octanol–water partition coefficient (Wildman–Crippen LogP) is 2.59. The molecule has 2 rings (SSSR count). The van der Waals surface area contributed by atoms with Crippen molar-refractivity contribution in [1.29, 1.82) is 0 Å². The second-order valence-corrected chi connectivity index (χ2v) is 5.41. The van der Waals surface area contributed by atoms with Crippen molar-refractivity contribution in [3.05, 3.63) is 26.8 Å². The molecular weight excluding hydrogens is 240 g/mol. The third-order valence-corrected chi connectivity index (χ3v) is 4.48. The Morgan fingerprint density at radius 2 is 2.25 bits per heavy atom. The van der Waals surface area contributed by atoms with Gasteiger partial charge in [-0.15, -0.1) is 11.3 Å². The Morgan fingerprint density at radius 3 is 2.75 bits per heavy atom. The van der Waals surface area contributed by atoms with Crippen LogP contribution in [-0.4, -0.2) is 30.1 Å². The van der Waals surface area contributed by atoms with Crippen LogP contribution in [0.5, 0.6) is 0 Å². The Kier molecular flexibility index (Phi) is 3.16. The summed E-state index contributed by atoms with van der Waals surface area (Å²) in [6, 6.07) is 2.06. The first-order valence-electron chi connectivity index (χ1n) is 4.82. The van der Waals surface area contributed by atoms with E-state index in [2.05, 4.69) is 11.1 Å². The standard InChI is InChI=1S/C11H12N2OS2/c1-7-4-5-15-8(7)6-9-10(14)13(3)11(12-2)16-9/h4-6H,1-3H3/b9-6-,12-11?. The highest BCUT2D eigenvalue weighted by molar-refractivity contribution is 8.18. The normalized spacial score (nSPS) is 21.4. The van der Waals surface area contributed by atoms with Gasteiger partial charge in [0, 0.05) is 19.0 Å². The number of amidine groups is 1. The van der Waals surface area contributed by atoms with E-state index in [0.29, 0.717) is 0 Å². The fourth-order valence-corrected chi connectivity index (χ4v) is 3.24. The molecular formula is C11H12N2OS2. The van der Waals surface area contributed by atoms with Crippen molar-refractivity contribution in [2.75, 3.05) is 14.1 Å². The Balaban J connectivity index is 2.34. The van der Waals surface area contributed by atoms with Crippen LogP contribution in [-0.2, 0) is 4.79 Å². The highest BCUT2D eigenvalue weighted by atomic mass is 32.2. The average molecular weight is 252 g/mol. The average Bonchev–Trinajstić information content (AvgIpc) is 2.78. The second-order valence-electron chi connectivity index (χ2n) is 3.45. The lowest BCUT2D eigenvalue weighted by molar-refractivity contribution is -0.121. The zero-order valence-electron chi connectivity index (χ0n) is 9.35. The largest absolute Gasteiger partial charge is 0.290 e. The predicted molar refractivity (Wildman–Crippen MR) is 70.8 cm³/mol. The van der Waals surface area contributed by atoms with E-state index in [1.54, 1.807) is 30.3 Å². The van der Waals surface area contributed by atoms with E-state index in [-0.39, 0.29) is 5.91 Å². The maximum Gasteiger partial charge on any atom is 0.266 e. The van der Waals surface area contributed by atoms with Gasteiger partial charge >= 0.3 is 0 Å². The van der Waals surface area contributed by atoms with Crippen molar-refractivity contribution in [2.24, 2.45) is 4.99 Å². The molecule has 0 radical (unpaired) electrons. The Bertz CT molecular complexity index is 488. The number of aryl methyl sites for hydroxylation is 1. The first-order chi connectivity index (χ1) is 7.63. The number of hydrogen-bond acceptors (Lipinski definition) is 4. The first-order valence-corrected chi connectivity index (χ1v) is 6.51. The van der Waals surface area contributed by atoms with Gasteiger partial charge in [0.25, 0.3) is 5.91 Å². The van der Waals surface area contributed by atoms with E-state index in [1.165, 1.54) is 17.3 Å². The van der Waals surface area contributed by atoms with Gasteiger partial charge in [0.15, 0.2) is 5.17 Å². The molecule has 1 aromatic heterocycles. The molecule has 1 aliphatic rings. The highest BCUT2D eigenvalue weighted by Crippen LogP contribution is 2.32. The Morgan fingerprint density at radius 1 is 1.50 bits per heavy atom. The molecule has 0 aromatic carbocycles. The smallest absolute Gasteiger partial charge is 0.266 e. The van der Waals surface area contributed by atoms with Crippen LogP contribution in [0.4, 0.5) is 0 Å². The van der Waals surface area contributed by atoms with Crippen LogP contribution in [0.25, 0.3) is 6.08 Å². The molecule has 1 aromatic rings. The van der Waals surface area contributed by atoms with E-state index in [0.717, 1.165) is 14.9 Å². The van der Waals surface area contributed by atoms with E-state index in [1.807, 2.05) is 18.4 Å². The lowest BCUT2D eigenvalue weighted by Crippen LogP contribution is -2.23. The van der Waals surface area contributed by atoms with Crippen molar-refractivity contribution in [3.8, 4) is 0 Å². The van der Waals surface area contributed by atoms with Crippen molar-refractivity contribution in [3.63, 3.8) is 0 Å². The summed E-state index contributed by atoms with van der Waals surface area (Å²) >= 11 is 3.08. The number of rotatable bonds is 1. The van der Waals surface area contributed by atoms with E-state index < -0.39 is 0 Å². The number of carbonyl (C=O) groups excluding carboxylic acids is 1. The fraction of sp³-hybridized carbons (Fsp3) is 0.273. The number of amides is 1. The minimum Gasteiger partial charge on any atom is -0.290 e. The zero-order chi connectivity index (χ0) is 11.7. The Labute approximate surface area is 103 Å². The SMILES string of the molecule is CN=C1S/C(=C\c2sccc2C)C(=O)N1C. The van der Waals surface area contributed by atoms with Gasteiger partial charge in [0.05, 0.1) is 4.91 Å². The number of thiophene rings is 1. The van der Waals surface area contributed by atoms with Gasteiger partial charge in [0.2, 0.25) is 0 Å². The van der Waals surface area contributed by atoms with E-state index in [9.17, 15) is 4.79 Å². The molecule has 1 amide bonds. The summed E-state index contributed by atoms with van der Waals surface area (Å²) in [5.41, 5.74) is 1.20. The molecule has 16 heavy (non-hydrogen) atoms. The second kappa shape index (κ2) is 4.43. The number of aliphatic imine (C=N–C) groups is 1. The molecule has 2 heterocycles. The van der Waals surface area contributed by atoms with Crippen LogP contribution >= 0.6 is 23.1 Å². The van der Waals surface area contributed by atoms with Gasteiger partial charge in [-0.05, 0) is 41.8 Å². The molecule has 0 spiro atoms. The molecule has 1 aliphatic heterocycles. The zero-order valence-corrected chi connectivity index (χ0v) is 11.0. The number of thioether (sulfide) groups is 1. The molecule has 0 N–H and O–H groups in total. The number of carbonyl (C=O) groups is 1. The van der Waals surface area contributed by atoms with Gasteiger partial charge in [-0.1, -0.05) is 0 Å². The van der Waals surface area contributed by atoms with Gasteiger partial charge < -0.3 is 0 Å². The minimum absolute atomic E-state index is 0.0263. The van der Waals surface area contributed by atoms with Crippen molar-refractivity contribution < 1.29 is 4.79 Å². The summed E-state index contributed by atoms with van der Waals surface area (Å²) in [6.07, 6.45) is 1.95. The van der Waals surface area contributed by atoms with E-state index in [4.69, 9.17) is 0 Å². The topological polar surface area (TPSA) is 32.7 Å². The van der Waals surface area contributed by atoms with Gasteiger partial charge in [-0.25, -0.2) is 0 Å². The summed E-state index contributed by atoms with van der Waals surface area (Å²) in [5.74, 6) is 0.0263. The molecule has 0 aliphatic carbocycles. The number of nitrogens with zero attached hydrogens (tertiary/aromatic N) is 2. The van der Waals surface area contributed by atoms with Crippen molar-refractivity contribution in [2.45, 2.75) is 6.92 Å². The van der Waals surface area contributed by atoms with Crippen molar-refractivity contribution >= 4 is 40.2 Å². The number of hydrogen-bond donors (Lipinski definition) is 0. The molecule has 84 valence electrons. The van der Waals surface area contributed by atoms with Crippen LogP contribution in [0.3, 0.4) is 0 Å². The maximum atomic E-state index is 11.9. The summed E-state index contributed by atoms with van der Waals surface area (Å²) in [4.78, 5) is 19.4. The summed E-state index contributed by atoms with van der Waals surface area (Å²) in [5, 5.41) is 2.79. The molecule has 5 heteroatoms. The molecule has 0 saturated carbocycles. The molecule has 3 nitrogen and oxygen atoms in total. The van der Waals surface area contributed by atoms with Crippen LogP contribution in [0, 0.1) is 6.92 Å². The first kappa shape index (κ1) is 11.4. The van der Waals surface area contributed by atoms with Crippen LogP contribution in [0.1, 0.15) is 10.4 Å². The third kappa shape index (κ3) is 1.92. The summed E-state index contributed by atoms with van der Waals surface area (Å²) in [7, 11) is 3.45. The minimum atomic E-state index is 0.0263. The van der Waals surface area contributed by atoms with Crippen molar-refractivity contribution in [1.82, 2.24) is 4.90 Å². The maximum absolute atomic E-state index is 11.9. The van der Waals surface area contributed by atoms with Crippen LogP contribution < -0.4 is 0 Å².